The van der Waals surface area contributed by atoms with Gasteiger partial charge in [0.05, 0.1) is 0 Å². The summed E-state index contributed by atoms with van der Waals surface area (Å²) in [6, 6.07) is 9.87. The molecule has 1 aromatic rings. The van der Waals surface area contributed by atoms with Gasteiger partial charge in [-0.1, -0.05) is 37.3 Å². The Morgan fingerprint density at radius 3 is 2.69 bits per heavy atom. The minimum Gasteiger partial charge on any atom is -0.356 e. The van der Waals surface area contributed by atoms with Crippen LogP contribution in [-0.2, 0) is 9.53 Å². The SMILES string of the molecule is CCC(=O)[C@@H]1O[C@@H]1c1ccccc1. The fourth-order valence-corrected chi connectivity index (χ4v) is 1.45. The molecule has 2 nitrogen and oxygen atoms in total. The Labute approximate surface area is 77.5 Å². The molecule has 1 heterocycles. The van der Waals surface area contributed by atoms with Gasteiger partial charge in [-0.05, 0) is 5.56 Å². The summed E-state index contributed by atoms with van der Waals surface area (Å²) in [5.41, 5.74) is 1.11. The number of Topliss-reactive ketones (excluding diaryl/α,β-unsaturated/α-hetero) is 1. The Morgan fingerprint density at radius 2 is 2.08 bits per heavy atom. The maximum absolute atomic E-state index is 11.2. The largest absolute Gasteiger partial charge is 0.356 e. The zero-order chi connectivity index (χ0) is 9.26. The van der Waals surface area contributed by atoms with Crippen LogP contribution in [0, 0.1) is 0 Å². The summed E-state index contributed by atoms with van der Waals surface area (Å²) in [6.07, 6.45) is 0.412. The van der Waals surface area contributed by atoms with Gasteiger partial charge in [-0.2, -0.15) is 0 Å². The average Bonchev–Trinajstić information content (AvgIpc) is 2.98. The van der Waals surface area contributed by atoms with Crippen molar-refractivity contribution >= 4 is 5.78 Å². The van der Waals surface area contributed by atoms with E-state index in [0.29, 0.717) is 6.42 Å². The molecule has 1 aromatic carbocycles. The quantitative estimate of drug-likeness (QED) is 0.660. The molecule has 1 fully saturated rings. The lowest BCUT2D eigenvalue weighted by Crippen LogP contribution is -2.04. The van der Waals surface area contributed by atoms with Crippen LogP contribution in [0.15, 0.2) is 30.3 Å². The molecule has 0 N–H and O–H groups in total. The smallest absolute Gasteiger partial charge is 0.164 e. The van der Waals surface area contributed by atoms with E-state index in [1.165, 1.54) is 0 Å². The normalized spacial score (nSPS) is 25.6. The fraction of sp³-hybridized carbons (Fsp3) is 0.364. The molecule has 2 atom stereocenters. The van der Waals surface area contributed by atoms with Crippen molar-refractivity contribution in [2.45, 2.75) is 25.6 Å². The number of epoxide rings is 1. The van der Waals surface area contributed by atoms with Gasteiger partial charge in [-0.15, -0.1) is 0 Å². The van der Waals surface area contributed by atoms with E-state index in [9.17, 15) is 4.79 Å². The molecule has 0 aliphatic carbocycles. The van der Waals surface area contributed by atoms with Crippen molar-refractivity contribution in [2.24, 2.45) is 0 Å². The fourth-order valence-electron chi connectivity index (χ4n) is 1.45. The first-order valence-electron chi connectivity index (χ1n) is 4.56. The maximum atomic E-state index is 11.2. The molecule has 1 aliphatic heterocycles. The van der Waals surface area contributed by atoms with Crippen LogP contribution in [0.4, 0.5) is 0 Å². The van der Waals surface area contributed by atoms with Gasteiger partial charge in [0.1, 0.15) is 12.2 Å². The standard InChI is InChI=1S/C11H12O2/c1-2-9(12)11-10(13-11)8-6-4-3-5-7-8/h3-7,10-11H,2H2,1H3/t10-,11+/m1/s1. The first-order valence-corrected chi connectivity index (χ1v) is 4.56. The van der Waals surface area contributed by atoms with Crippen molar-refractivity contribution in [1.82, 2.24) is 0 Å². The number of carbonyl (C=O) groups is 1. The van der Waals surface area contributed by atoms with Gasteiger partial charge in [-0.3, -0.25) is 4.79 Å². The Bertz CT molecular complexity index is 305. The predicted octanol–water partition coefficient (Wildman–Crippen LogP) is 2.11. The van der Waals surface area contributed by atoms with E-state index in [2.05, 4.69) is 0 Å². The van der Waals surface area contributed by atoms with Gasteiger partial charge in [0.25, 0.3) is 0 Å². The zero-order valence-electron chi connectivity index (χ0n) is 7.57. The topological polar surface area (TPSA) is 29.6 Å². The Balaban J connectivity index is 2.04. The molecule has 2 heteroatoms. The molecular weight excluding hydrogens is 164 g/mol. The van der Waals surface area contributed by atoms with Crippen molar-refractivity contribution < 1.29 is 9.53 Å². The van der Waals surface area contributed by atoms with E-state index < -0.39 is 0 Å². The van der Waals surface area contributed by atoms with Gasteiger partial charge in [-0.25, -0.2) is 0 Å². The molecule has 0 saturated carbocycles. The first kappa shape index (κ1) is 8.45. The Hall–Kier alpha value is -1.15. The number of ether oxygens (including phenoxy) is 1. The summed E-state index contributed by atoms with van der Waals surface area (Å²) >= 11 is 0. The van der Waals surface area contributed by atoms with Crippen LogP contribution in [0.5, 0.6) is 0 Å². The highest BCUT2D eigenvalue weighted by atomic mass is 16.6. The second kappa shape index (κ2) is 3.30. The predicted molar refractivity (Wildman–Crippen MR) is 49.4 cm³/mol. The Morgan fingerprint density at radius 1 is 1.38 bits per heavy atom. The lowest BCUT2D eigenvalue weighted by molar-refractivity contribution is -0.119. The highest BCUT2D eigenvalue weighted by molar-refractivity contribution is 5.85. The number of hydrogen-bond acceptors (Lipinski definition) is 2. The molecule has 68 valence electrons. The van der Waals surface area contributed by atoms with Crippen molar-refractivity contribution in [3.05, 3.63) is 35.9 Å². The van der Waals surface area contributed by atoms with E-state index in [1.807, 2.05) is 37.3 Å². The summed E-state index contributed by atoms with van der Waals surface area (Å²) in [7, 11) is 0. The van der Waals surface area contributed by atoms with Crippen LogP contribution in [0.1, 0.15) is 25.0 Å². The average molecular weight is 176 g/mol. The molecule has 0 aromatic heterocycles. The highest BCUT2D eigenvalue weighted by Crippen LogP contribution is 2.39. The minimum atomic E-state index is -0.174. The van der Waals surface area contributed by atoms with Crippen molar-refractivity contribution in [3.63, 3.8) is 0 Å². The summed E-state index contributed by atoms with van der Waals surface area (Å²) in [6.45, 7) is 1.87. The molecule has 0 bridgehead atoms. The number of ketones is 1. The van der Waals surface area contributed by atoms with Crippen LogP contribution < -0.4 is 0 Å². The monoisotopic (exact) mass is 176 g/mol. The maximum Gasteiger partial charge on any atom is 0.164 e. The molecule has 0 unspecified atom stereocenters. The van der Waals surface area contributed by atoms with E-state index in [-0.39, 0.29) is 18.0 Å². The summed E-state index contributed by atoms with van der Waals surface area (Å²) in [5.74, 6) is 0.203. The van der Waals surface area contributed by atoms with E-state index in [0.717, 1.165) is 5.56 Å². The summed E-state index contributed by atoms with van der Waals surface area (Å²) in [4.78, 5) is 11.2. The Kier molecular flexibility index (Phi) is 2.15. The van der Waals surface area contributed by atoms with Gasteiger partial charge in [0, 0.05) is 6.42 Å². The molecule has 13 heavy (non-hydrogen) atoms. The third-order valence-electron chi connectivity index (χ3n) is 2.29. The lowest BCUT2D eigenvalue weighted by atomic mass is 10.1. The molecule has 0 radical (unpaired) electrons. The second-order valence-electron chi connectivity index (χ2n) is 3.21. The zero-order valence-corrected chi connectivity index (χ0v) is 7.57. The minimum absolute atomic E-state index is 0.0219. The van der Waals surface area contributed by atoms with Gasteiger partial charge < -0.3 is 4.74 Å². The van der Waals surface area contributed by atoms with Gasteiger partial charge in [0.15, 0.2) is 5.78 Å². The summed E-state index contributed by atoms with van der Waals surface area (Å²) in [5, 5.41) is 0. The molecule has 1 aliphatic rings. The third kappa shape index (κ3) is 1.63. The van der Waals surface area contributed by atoms with Gasteiger partial charge >= 0.3 is 0 Å². The van der Waals surface area contributed by atoms with Crippen LogP contribution >= 0.6 is 0 Å². The van der Waals surface area contributed by atoms with E-state index in [1.54, 1.807) is 0 Å². The molecular formula is C11H12O2. The third-order valence-corrected chi connectivity index (χ3v) is 2.29. The van der Waals surface area contributed by atoms with Crippen molar-refractivity contribution in [1.29, 1.82) is 0 Å². The van der Waals surface area contributed by atoms with Crippen molar-refractivity contribution in [2.75, 3.05) is 0 Å². The second-order valence-corrected chi connectivity index (χ2v) is 3.21. The van der Waals surface area contributed by atoms with Gasteiger partial charge in [0.2, 0.25) is 0 Å². The number of benzene rings is 1. The summed E-state index contributed by atoms with van der Waals surface area (Å²) < 4.78 is 5.31. The number of rotatable bonds is 3. The number of carbonyl (C=O) groups excluding carboxylic acids is 1. The van der Waals surface area contributed by atoms with Crippen LogP contribution in [0.2, 0.25) is 0 Å². The molecule has 0 spiro atoms. The van der Waals surface area contributed by atoms with Crippen LogP contribution in [0.3, 0.4) is 0 Å². The molecule has 1 saturated heterocycles. The van der Waals surface area contributed by atoms with E-state index in [4.69, 9.17) is 4.74 Å². The van der Waals surface area contributed by atoms with Crippen molar-refractivity contribution in [3.8, 4) is 0 Å². The highest BCUT2D eigenvalue weighted by Gasteiger charge is 2.44. The molecule has 2 rings (SSSR count). The first-order chi connectivity index (χ1) is 6.33. The number of hydrogen-bond donors (Lipinski definition) is 0. The lowest BCUT2D eigenvalue weighted by Gasteiger charge is -1.92. The van der Waals surface area contributed by atoms with E-state index >= 15 is 0 Å². The molecule has 0 amide bonds. The van der Waals surface area contributed by atoms with Crippen LogP contribution in [0.25, 0.3) is 0 Å². The van der Waals surface area contributed by atoms with Crippen LogP contribution in [-0.4, -0.2) is 11.9 Å².